The standard InChI is InChI=1S/C30H42N2O3/c1-6-26(29(34)31-24-16-8-7-9-17-24)32(20-23-15-11-10-14-22(23)2)28(33)21-35-27-19-13-12-18-25(27)30(3,4)5/h10-15,18-19,24,26H,6-9,16-17,20-21H2,1-5H3,(H,31,34)/t26-/m0/s1. The molecule has 5 nitrogen and oxygen atoms in total. The molecule has 1 atom stereocenters. The minimum atomic E-state index is -0.537. The van der Waals surface area contributed by atoms with Gasteiger partial charge in [0.15, 0.2) is 6.61 Å². The van der Waals surface area contributed by atoms with Crippen LogP contribution in [-0.2, 0) is 21.5 Å². The second-order valence-electron chi connectivity index (χ2n) is 10.8. The van der Waals surface area contributed by atoms with Crippen molar-refractivity contribution in [2.75, 3.05) is 6.61 Å². The molecule has 5 heteroatoms. The van der Waals surface area contributed by atoms with Crippen molar-refractivity contribution in [2.24, 2.45) is 0 Å². The number of hydrogen-bond donors (Lipinski definition) is 1. The Hall–Kier alpha value is -2.82. The van der Waals surface area contributed by atoms with Crippen LogP contribution in [0.2, 0.25) is 0 Å². The van der Waals surface area contributed by atoms with E-state index in [0.29, 0.717) is 18.7 Å². The van der Waals surface area contributed by atoms with Gasteiger partial charge in [-0.3, -0.25) is 9.59 Å². The molecule has 1 saturated carbocycles. The predicted molar refractivity (Wildman–Crippen MR) is 141 cm³/mol. The van der Waals surface area contributed by atoms with Gasteiger partial charge in [0.05, 0.1) is 0 Å². The van der Waals surface area contributed by atoms with Crippen LogP contribution in [0.5, 0.6) is 5.75 Å². The molecule has 0 spiro atoms. The quantitative estimate of drug-likeness (QED) is 0.486. The molecule has 35 heavy (non-hydrogen) atoms. The Morgan fingerprint density at radius 2 is 1.69 bits per heavy atom. The lowest BCUT2D eigenvalue weighted by molar-refractivity contribution is -0.143. The monoisotopic (exact) mass is 478 g/mol. The van der Waals surface area contributed by atoms with Gasteiger partial charge in [0.2, 0.25) is 5.91 Å². The van der Waals surface area contributed by atoms with Crippen molar-refractivity contribution in [3.05, 3.63) is 65.2 Å². The van der Waals surface area contributed by atoms with E-state index in [1.165, 1.54) is 6.42 Å². The molecule has 0 aromatic heterocycles. The van der Waals surface area contributed by atoms with Crippen LogP contribution in [0.1, 0.15) is 82.9 Å². The molecule has 0 radical (unpaired) electrons. The summed E-state index contributed by atoms with van der Waals surface area (Å²) >= 11 is 0. The summed E-state index contributed by atoms with van der Waals surface area (Å²) in [5.41, 5.74) is 3.10. The predicted octanol–water partition coefficient (Wildman–Crippen LogP) is 5.93. The molecule has 2 amide bonds. The Bertz CT molecular complexity index is 989. The van der Waals surface area contributed by atoms with Gasteiger partial charge in [0.25, 0.3) is 5.91 Å². The molecule has 190 valence electrons. The molecular formula is C30H42N2O3. The molecule has 1 fully saturated rings. The maximum absolute atomic E-state index is 13.6. The number of carbonyl (C=O) groups is 2. The highest BCUT2D eigenvalue weighted by Gasteiger charge is 2.31. The third-order valence-electron chi connectivity index (χ3n) is 6.99. The summed E-state index contributed by atoms with van der Waals surface area (Å²) in [6.07, 6.45) is 6.11. The van der Waals surface area contributed by atoms with Gasteiger partial charge in [-0.05, 0) is 54.4 Å². The smallest absolute Gasteiger partial charge is 0.261 e. The molecule has 1 aliphatic carbocycles. The van der Waals surface area contributed by atoms with Crippen LogP contribution >= 0.6 is 0 Å². The third-order valence-corrected chi connectivity index (χ3v) is 6.99. The van der Waals surface area contributed by atoms with Crippen LogP contribution in [-0.4, -0.2) is 35.4 Å². The zero-order valence-corrected chi connectivity index (χ0v) is 22.1. The zero-order valence-electron chi connectivity index (χ0n) is 22.1. The molecule has 0 aliphatic heterocycles. The highest BCUT2D eigenvalue weighted by atomic mass is 16.5. The van der Waals surface area contributed by atoms with Crippen LogP contribution in [0.25, 0.3) is 0 Å². The van der Waals surface area contributed by atoms with Gasteiger partial charge in [0.1, 0.15) is 11.8 Å². The molecule has 1 N–H and O–H groups in total. The zero-order chi connectivity index (χ0) is 25.4. The van der Waals surface area contributed by atoms with Crippen molar-refractivity contribution in [3.8, 4) is 5.75 Å². The molecule has 1 aliphatic rings. The maximum Gasteiger partial charge on any atom is 0.261 e. The largest absolute Gasteiger partial charge is 0.483 e. The normalized spacial score (nSPS) is 15.3. The Morgan fingerprint density at radius 3 is 2.34 bits per heavy atom. The lowest BCUT2D eigenvalue weighted by atomic mass is 9.86. The van der Waals surface area contributed by atoms with E-state index in [2.05, 4.69) is 26.1 Å². The summed E-state index contributed by atoms with van der Waals surface area (Å²) in [5, 5.41) is 3.23. The highest BCUT2D eigenvalue weighted by Crippen LogP contribution is 2.31. The first-order chi connectivity index (χ1) is 16.7. The molecule has 0 heterocycles. The number of nitrogens with one attached hydrogen (secondary N) is 1. The van der Waals surface area contributed by atoms with Gasteiger partial charge < -0.3 is 15.0 Å². The highest BCUT2D eigenvalue weighted by molar-refractivity contribution is 5.88. The van der Waals surface area contributed by atoms with Gasteiger partial charge >= 0.3 is 0 Å². The van der Waals surface area contributed by atoms with E-state index in [-0.39, 0.29) is 29.9 Å². The van der Waals surface area contributed by atoms with E-state index in [1.54, 1.807) is 4.90 Å². The van der Waals surface area contributed by atoms with E-state index < -0.39 is 6.04 Å². The summed E-state index contributed by atoms with van der Waals surface area (Å²) in [6, 6.07) is 15.6. The van der Waals surface area contributed by atoms with Crippen molar-refractivity contribution < 1.29 is 14.3 Å². The number of nitrogens with zero attached hydrogens (tertiary/aromatic N) is 1. The second kappa shape index (κ2) is 12.2. The van der Waals surface area contributed by atoms with Crippen molar-refractivity contribution in [3.63, 3.8) is 0 Å². The Kier molecular flexibility index (Phi) is 9.36. The molecule has 3 rings (SSSR count). The Labute approximate surface area is 211 Å². The number of rotatable bonds is 9. The summed E-state index contributed by atoms with van der Waals surface area (Å²) in [7, 11) is 0. The van der Waals surface area contributed by atoms with Crippen LogP contribution < -0.4 is 10.1 Å². The lowest BCUT2D eigenvalue weighted by Crippen LogP contribution is -2.52. The number of benzene rings is 2. The van der Waals surface area contributed by atoms with E-state index in [1.807, 2.05) is 62.4 Å². The van der Waals surface area contributed by atoms with Gasteiger partial charge in [-0.15, -0.1) is 0 Å². The van der Waals surface area contributed by atoms with E-state index in [9.17, 15) is 9.59 Å². The lowest BCUT2D eigenvalue weighted by Gasteiger charge is -2.33. The molecule has 0 saturated heterocycles. The fraction of sp³-hybridized carbons (Fsp3) is 0.533. The van der Waals surface area contributed by atoms with Gasteiger partial charge in [0, 0.05) is 12.6 Å². The number of amides is 2. The van der Waals surface area contributed by atoms with Crippen molar-refractivity contribution >= 4 is 11.8 Å². The van der Waals surface area contributed by atoms with Crippen LogP contribution in [0.3, 0.4) is 0 Å². The van der Waals surface area contributed by atoms with Crippen LogP contribution in [0, 0.1) is 6.92 Å². The van der Waals surface area contributed by atoms with Crippen molar-refractivity contribution in [1.29, 1.82) is 0 Å². The Balaban J connectivity index is 1.81. The average molecular weight is 479 g/mol. The van der Waals surface area contributed by atoms with Crippen LogP contribution in [0.4, 0.5) is 0 Å². The van der Waals surface area contributed by atoms with Gasteiger partial charge in [-0.2, -0.15) is 0 Å². The first kappa shape index (κ1) is 26.8. The first-order valence-electron chi connectivity index (χ1n) is 13.1. The summed E-state index contributed by atoms with van der Waals surface area (Å²) in [4.78, 5) is 28.7. The van der Waals surface area contributed by atoms with E-state index in [0.717, 1.165) is 42.4 Å². The number of carbonyl (C=O) groups excluding carboxylic acids is 2. The van der Waals surface area contributed by atoms with Gasteiger partial charge in [-0.1, -0.05) is 89.4 Å². The molecule has 2 aromatic carbocycles. The summed E-state index contributed by atoms with van der Waals surface area (Å²) in [5.74, 6) is 0.475. The topological polar surface area (TPSA) is 58.6 Å². The third kappa shape index (κ3) is 7.33. The number of para-hydroxylation sites is 1. The fourth-order valence-corrected chi connectivity index (χ4v) is 4.87. The first-order valence-corrected chi connectivity index (χ1v) is 13.1. The van der Waals surface area contributed by atoms with Crippen molar-refractivity contribution in [1.82, 2.24) is 10.2 Å². The SMILES string of the molecule is CC[C@@H](C(=O)NC1CCCCC1)N(Cc1ccccc1C)C(=O)COc1ccccc1C(C)(C)C. The van der Waals surface area contributed by atoms with E-state index >= 15 is 0 Å². The molecular weight excluding hydrogens is 436 g/mol. The average Bonchev–Trinajstić information content (AvgIpc) is 2.84. The summed E-state index contributed by atoms with van der Waals surface area (Å²) in [6.45, 7) is 10.7. The Morgan fingerprint density at radius 1 is 1.03 bits per heavy atom. The minimum absolute atomic E-state index is 0.0589. The van der Waals surface area contributed by atoms with Crippen molar-refractivity contribution in [2.45, 2.75) is 97.2 Å². The number of ether oxygens (including phenoxy) is 1. The minimum Gasteiger partial charge on any atom is -0.483 e. The second-order valence-corrected chi connectivity index (χ2v) is 10.8. The van der Waals surface area contributed by atoms with E-state index in [4.69, 9.17) is 4.74 Å². The van der Waals surface area contributed by atoms with Crippen LogP contribution in [0.15, 0.2) is 48.5 Å². The number of hydrogen-bond acceptors (Lipinski definition) is 3. The summed E-state index contributed by atoms with van der Waals surface area (Å²) < 4.78 is 6.08. The van der Waals surface area contributed by atoms with Gasteiger partial charge in [-0.25, -0.2) is 0 Å². The maximum atomic E-state index is 13.6. The molecule has 0 unspecified atom stereocenters. The molecule has 2 aromatic rings. The molecule has 0 bridgehead atoms. The fourth-order valence-electron chi connectivity index (χ4n) is 4.87. The number of aryl methyl sites for hydroxylation is 1.